The van der Waals surface area contributed by atoms with Gasteiger partial charge in [0.1, 0.15) is 6.61 Å². The molecular weight excluding hydrogens is 701 g/mol. The first-order valence-electron chi connectivity index (χ1n) is 22.7. The highest BCUT2D eigenvalue weighted by Crippen LogP contribution is 2.43. The van der Waals surface area contributed by atoms with E-state index in [-0.39, 0.29) is 38.6 Å². The van der Waals surface area contributed by atoms with Gasteiger partial charge in [0.15, 0.2) is 6.10 Å². The molecule has 3 N–H and O–H groups in total. The van der Waals surface area contributed by atoms with Gasteiger partial charge in [-0.25, -0.2) is 4.57 Å². The smallest absolute Gasteiger partial charge is 0.462 e. The van der Waals surface area contributed by atoms with Crippen LogP contribution in [0.5, 0.6) is 0 Å². The molecule has 0 aromatic rings. The van der Waals surface area contributed by atoms with Gasteiger partial charge in [-0.1, -0.05) is 187 Å². The Labute approximate surface area is 332 Å². The lowest BCUT2D eigenvalue weighted by Gasteiger charge is -2.19. The molecule has 0 saturated carbocycles. The molecule has 0 saturated heterocycles. The van der Waals surface area contributed by atoms with Crippen LogP contribution in [0.4, 0.5) is 0 Å². The van der Waals surface area contributed by atoms with Crippen molar-refractivity contribution < 1.29 is 37.6 Å². The van der Waals surface area contributed by atoms with Gasteiger partial charge in [-0.2, -0.15) is 0 Å². The Balaban J connectivity index is 4.09. The molecule has 0 fully saturated rings. The third kappa shape index (κ3) is 40.4. The number of esters is 2. The van der Waals surface area contributed by atoms with Crippen LogP contribution in [-0.2, 0) is 32.7 Å². The van der Waals surface area contributed by atoms with E-state index < -0.39 is 26.5 Å². The predicted octanol–water partition coefficient (Wildman–Crippen LogP) is 13.0. The lowest BCUT2D eigenvalue weighted by Crippen LogP contribution is -2.29. The number of unbranched alkanes of at least 4 members (excludes halogenated alkanes) is 28. The maximum atomic E-state index is 12.6. The van der Waals surface area contributed by atoms with Crippen molar-refractivity contribution in [3.8, 4) is 0 Å². The fourth-order valence-corrected chi connectivity index (χ4v) is 7.28. The minimum absolute atomic E-state index is 0.0549. The molecule has 10 heteroatoms. The van der Waals surface area contributed by atoms with E-state index in [1.165, 1.54) is 141 Å². The SMILES string of the molecule is CCCCCCCC/C=C\CCCCCCCC(=O)O[C@H](COC(=O)CCCCCCCCCCCCCCCCCCCC)COP(=O)(O)OCCN. The van der Waals surface area contributed by atoms with Crippen LogP contribution in [0.2, 0.25) is 0 Å². The van der Waals surface area contributed by atoms with Crippen LogP contribution in [0.15, 0.2) is 12.2 Å². The van der Waals surface area contributed by atoms with Gasteiger partial charge in [-0.05, 0) is 38.5 Å². The third-order valence-corrected chi connectivity index (χ3v) is 10.9. The second-order valence-corrected chi connectivity index (χ2v) is 16.7. The number of ether oxygens (including phenoxy) is 2. The lowest BCUT2D eigenvalue weighted by molar-refractivity contribution is -0.161. The van der Waals surface area contributed by atoms with E-state index in [1.807, 2.05) is 0 Å². The van der Waals surface area contributed by atoms with Gasteiger partial charge in [0.05, 0.1) is 13.2 Å². The second kappa shape index (κ2) is 41.4. The first kappa shape index (κ1) is 52.8. The average molecular weight is 788 g/mol. The standard InChI is InChI=1S/C44H86NO8P/c1-3-5-7-9-11-13-15-17-19-20-21-23-24-26-28-30-32-34-36-43(46)50-40-42(41-52-54(48,49)51-39-38-45)53-44(47)37-35-33-31-29-27-25-22-18-16-14-12-10-8-6-4-2/h18,22,42H,3-17,19-21,23-41,45H2,1-2H3,(H,48,49)/b22-18-/t42-/m1/s1. The summed E-state index contributed by atoms with van der Waals surface area (Å²) in [5.74, 6) is -0.826. The number of carbonyl (C=O) groups excluding carboxylic acids is 2. The van der Waals surface area contributed by atoms with Crippen molar-refractivity contribution in [1.29, 1.82) is 0 Å². The van der Waals surface area contributed by atoms with Crippen molar-refractivity contribution in [2.75, 3.05) is 26.4 Å². The molecule has 0 rings (SSSR count). The molecule has 0 aromatic carbocycles. The third-order valence-electron chi connectivity index (χ3n) is 9.90. The maximum absolute atomic E-state index is 12.6. The highest BCUT2D eigenvalue weighted by atomic mass is 31.2. The first-order valence-corrected chi connectivity index (χ1v) is 24.2. The van der Waals surface area contributed by atoms with E-state index in [4.69, 9.17) is 24.3 Å². The fraction of sp³-hybridized carbons (Fsp3) is 0.909. The fourth-order valence-electron chi connectivity index (χ4n) is 6.51. The van der Waals surface area contributed by atoms with Gasteiger partial charge in [0, 0.05) is 19.4 Å². The molecule has 0 heterocycles. The van der Waals surface area contributed by atoms with Crippen molar-refractivity contribution in [1.82, 2.24) is 0 Å². The van der Waals surface area contributed by atoms with Crippen LogP contribution < -0.4 is 5.73 Å². The maximum Gasteiger partial charge on any atom is 0.472 e. The lowest BCUT2D eigenvalue weighted by atomic mass is 10.0. The molecule has 0 aliphatic heterocycles. The quantitative estimate of drug-likeness (QED) is 0.0268. The Morgan fingerprint density at radius 3 is 1.31 bits per heavy atom. The molecule has 1 unspecified atom stereocenters. The van der Waals surface area contributed by atoms with E-state index in [2.05, 4.69) is 26.0 Å². The zero-order valence-corrected chi connectivity index (χ0v) is 36.1. The van der Waals surface area contributed by atoms with E-state index in [9.17, 15) is 19.0 Å². The average Bonchev–Trinajstić information content (AvgIpc) is 3.16. The van der Waals surface area contributed by atoms with Crippen LogP contribution in [0.25, 0.3) is 0 Å². The Morgan fingerprint density at radius 2 is 0.907 bits per heavy atom. The highest BCUT2D eigenvalue weighted by molar-refractivity contribution is 7.47. The van der Waals surface area contributed by atoms with Gasteiger partial charge in [0.25, 0.3) is 0 Å². The Hall–Kier alpha value is -1.25. The van der Waals surface area contributed by atoms with Crippen molar-refractivity contribution in [3.05, 3.63) is 12.2 Å². The topological polar surface area (TPSA) is 134 Å². The van der Waals surface area contributed by atoms with Gasteiger partial charge in [0.2, 0.25) is 0 Å². The highest BCUT2D eigenvalue weighted by Gasteiger charge is 2.26. The van der Waals surface area contributed by atoms with Crippen LogP contribution in [0.1, 0.15) is 226 Å². The zero-order valence-electron chi connectivity index (χ0n) is 35.2. The molecule has 0 aliphatic rings. The summed E-state index contributed by atoms with van der Waals surface area (Å²) < 4.78 is 32.8. The molecule has 0 amide bonds. The predicted molar refractivity (Wildman–Crippen MR) is 224 cm³/mol. The summed E-state index contributed by atoms with van der Waals surface area (Å²) in [6.45, 7) is 3.75. The van der Waals surface area contributed by atoms with E-state index >= 15 is 0 Å². The number of phosphoric acid groups is 1. The molecule has 0 spiro atoms. The zero-order chi connectivity index (χ0) is 39.6. The van der Waals surface area contributed by atoms with Crippen molar-refractivity contribution in [3.63, 3.8) is 0 Å². The molecule has 0 bridgehead atoms. The van der Waals surface area contributed by atoms with Crippen molar-refractivity contribution >= 4 is 19.8 Å². The number of allylic oxidation sites excluding steroid dienone is 2. The van der Waals surface area contributed by atoms with Gasteiger partial charge in [-0.15, -0.1) is 0 Å². The molecule has 0 radical (unpaired) electrons. The van der Waals surface area contributed by atoms with Gasteiger partial charge in [-0.3, -0.25) is 18.6 Å². The number of rotatable bonds is 43. The monoisotopic (exact) mass is 788 g/mol. The molecule has 54 heavy (non-hydrogen) atoms. The summed E-state index contributed by atoms with van der Waals surface area (Å²) in [5.41, 5.74) is 5.35. The number of hydrogen-bond donors (Lipinski definition) is 2. The van der Waals surface area contributed by atoms with E-state index in [1.54, 1.807) is 0 Å². The number of phosphoric ester groups is 1. The number of carbonyl (C=O) groups is 2. The summed E-state index contributed by atoms with van der Waals surface area (Å²) in [7, 11) is -4.37. The summed E-state index contributed by atoms with van der Waals surface area (Å²) in [6.07, 6.45) is 42.4. The summed E-state index contributed by atoms with van der Waals surface area (Å²) in [6, 6.07) is 0. The van der Waals surface area contributed by atoms with Crippen LogP contribution in [-0.4, -0.2) is 49.3 Å². The normalized spacial score (nSPS) is 13.3. The second-order valence-electron chi connectivity index (χ2n) is 15.3. The Morgan fingerprint density at radius 1 is 0.537 bits per heavy atom. The Bertz CT molecular complexity index is 902. The number of hydrogen-bond acceptors (Lipinski definition) is 8. The summed E-state index contributed by atoms with van der Waals surface area (Å²) in [4.78, 5) is 34.9. The summed E-state index contributed by atoms with van der Waals surface area (Å²) in [5, 5.41) is 0. The number of nitrogens with two attached hydrogens (primary N) is 1. The minimum atomic E-state index is -4.37. The minimum Gasteiger partial charge on any atom is -0.462 e. The van der Waals surface area contributed by atoms with Crippen LogP contribution in [0, 0.1) is 0 Å². The first-order chi connectivity index (χ1) is 26.3. The molecule has 9 nitrogen and oxygen atoms in total. The summed E-state index contributed by atoms with van der Waals surface area (Å²) >= 11 is 0. The molecular formula is C44H86NO8P. The van der Waals surface area contributed by atoms with Crippen molar-refractivity contribution in [2.45, 2.75) is 232 Å². The molecule has 2 atom stereocenters. The van der Waals surface area contributed by atoms with Crippen LogP contribution >= 0.6 is 7.82 Å². The Kier molecular flexibility index (Phi) is 40.4. The van der Waals surface area contributed by atoms with Crippen molar-refractivity contribution in [2.24, 2.45) is 5.73 Å². The van der Waals surface area contributed by atoms with Gasteiger partial charge >= 0.3 is 19.8 Å². The molecule has 0 aliphatic carbocycles. The molecule has 320 valence electrons. The van der Waals surface area contributed by atoms with Crippen LogP contribution in [0.3, 0.4) is 0 Å². The van der Waals surface area contributed by atoms with E-state index in [0.717, 1.165) is 51.4 Å². The van der Waals surface area contributed by atoms with Gasteiger partial charge < -0.3 is 20.1 Å². The largest absolute Gasteiger partial charge is 0.472 e. The van der Waals surface area contributed by atoms with E-state index in [0.29, 0.717) is 6.42 Å². The molecule has 0 aromatic heterocycles.